The van der Waals surface area contributed by atoms with Gasteiger partial charge < -0.3 is 11.1 Å². The Hall–Kier alpha value is -0.780. The highest BCUT2D eigenvalue weighted by molar-refractivity contribution is 5.75. The molecule has 0 aliphatic rings. The highest BCUT2D eigenvalue weighted by Gasteiger charge is 2.25. The van der Waals surface area contributed by atoms with Gasteiger partial charge in [-0.15, -0.1) is 0 Å². The highest BCUT2D eigenvalue weighted by Crippen LogP contribution is 2.25. The molecule has 1 amide bonds. The number of rotatable bonds is 9. The molecular formula is C13H25F3N2O. The molecule has 0 spiro atoms. The summed E-state index contributed by atoms with van der Waals surface area (Å²) < 4.78 is 35.6. The van der Waals surface area contributed by atoms with Crippen molar-refractivity contribution in [3.63, 3.8) is 0 Å². The minimum absolute atomic E-state index is 0.0301. The molecule has 114 valence electrons. The molecule has 0 aromatic heterocycles. The molecule has 19 heavy (non-hydrogen) atoms. The predicted molar refractivity (Wildman–Crippen MR) is 69.6 cm³/mol. The maximum atomic E-state index is 11.9. The quantitative estimate of drug-likeness (QED) is 0.639. The first-order valence-electron chi connectivity index (χ1n) is 6.70. The maximum Gasteiger partial charge on any atom is 0.389 e. The van der Waals surface area contributed by atoms with E-state index in [9.17, 15) is 18.0 Å². The van der Waals surface area contributed by atoms with E-state index in [1.165, 1.54) is 0 Å². The summed E-state index contributed by atoms with van der Waals surface area (Å²) >= 11 is 0. The van der Waals surface area contributed by atoms with Crippen LogP contribution >= 0.6 is 0 Å². The van der Waals surface area contributed by atoms with Crippen LogP contribution in [0.2, 0.25) is 0 Å². The monoisotopic (exact) mass is 282 g/mol. The van der Waals surface area contributed by atoms with Crippen LogP contribution in [-0.2, 0) is 4.79 Å². The number of nitrogens with two attached hydrogens (primary N) is 1. The molecule has 3 N–H and O–H groups in total. The summed E-state index contributed by atoms with van der Waals surface area (Å²) in [5, 5.41) is 2.65. The molecule has 0 aliphatic carbocycles. The van der Waals surface area contributed by atoms with Crippen LogP contribution in [0.4, 0.5) is 13.2 Å². The number of hydrogen-bond acceptors (Lipinski definition) is 2. The second kappa shape index (κ2) is 8.40. The van der Waals surface area contributed by atoms with Crippen molar-refractivity contribution in [1.82, 2.24) is 5.32 Å². The number of hydrogen-bond donors (Lipinski definition) is 2. The van der Waals surface area contributed by atoms with Crippen LogP contribution in [0.15, 0.2) is 0 Å². The van der Waals surface area contributed by atoms with E-state index in [1.807, 2.05) is 0 Å². The van der Waals surface area contributed by atoms with Crippen molar-refractivity contribution >= 4 is 5.91 Å². The van der Waals surface area contributed by atoms with Gasteiger partial charge in [0.15, 0.2) is 0 Å². The molecule has 0 unspecified atom stereocenters. The van der Waals surface area contributed by atoms with Crippen LogP contribution in [0.5, 0.6) is 0 Å². The number of alkyl halides is 3. The Morgan fingerprint density at radius 3 is 2.26 bits per heavy atom. The standard InChI is InChI=1S/C13H25F3N2O/c1-12(2,8-9-17)7-5-11(19)18-10-4-3-6-13(14,15)16/h3-10,17H2,1-2H3,(H,18,19). The smallest absolute Gasteiger partial charge is 0.356 e. The van der Waals surface area contributed by atoms with Gasteiger partial charge in [0.2, 0.25) is 5.91 Å². The van der Waals surface area contributed by atoms with Crippen molar-refractivity contribution in [2.24, 2.45) is 11.1 Å². The fraction of sp³-hybridized carbons (Fsp3) is 0.923. The van der Waals surface area contributed by atoms with E-state index >= 15 is 0 Å². The molecule has 0 fully saturated rings. The Bertz CT molecular complexity index is 265. The summed E-state index contributed by atoms with van der Waals surface area (Å²) in [6.07, 6.45) is -2.49. The summed E-state index contributed by atoms with van der Waals surface area (Å²) in [4.78, 5) is 11.5. The third-order valence-electron chi connectivity index (χ3n) is 3.06. The summed E-state index contributed by atoms with van der Waals surface area (Å²) in [6, 6.07) is 0. The van der Waals surface area contributed by atoms with Crippen LogP contribution in [0, 0.1) is 5.41 Å². The first-order valence-corrected chi connectivity index (χ1v) is 6.70. The molecule has 0 bridgehead atoms. The topological polar surface area (TPSA) is 55.1 Å². The zero-order chi connectivity index (χ0) is 14.9. The Morgan fingerprint density at radius 1 is 1.11 bits per heavy atom. The van der Waals surface area contributed by atoms with Gasteiger partial charge in [-0.25, -0.2) is 0 Å². The lowest BCUT2D eigenvalue weighted by molar-refractivity contribution is -0.135. The molecule has 0 aliphatic heterocycles. The van der Waals surface area contributed by atoms with Crippen molar-refractivity contribution in [1.29, 1.82) is 0 Å². The Balaban J connectivity index is 3.60. The zero-order valence-corrected chi connectivity index (χ0v) is 11.8. The Labute approximate surface area is 113 Å². The molecule has 0 radical (unpaired) electrons. The van der Waals surface area contributed by atoms with E-state index < -0.39 is 12.6 Å². The van der Waals surface area contributed by atoms with Gasteiger partial charge >= 0.3 is 6.18 Å². The van der Waals surface area contributed by atoms with Crippen LogP contribution in [0.25, 0.3) is 0 Å². The molecule has 0 rings (SSSR count). The number of unbranched alkanes of at least 4 members (excludes halogenated alkanes) is 1. The first-order chi connectivity index (χ1) is 8.66. The van der Waals surface area contributed by atoms with E-state index in [1.54, 1.807) is 0 Å². The number of amides is 1. The number of carbonyl (C=O) groups is 1. The van der Waals surface area contributed by atoms with Gasteiger partial charge in [0.05, 0.1) is 0 Å². The normalized spacial score (nSPS) is 12.5. The molecule has 0 aromatic carbocycles. The van der Waals surface area contributed by atoms with Crippen molar-refractivity contribution < 1.29 is 18.0 Å². The van der Waals surface area contributed by atoms with Crippen molar-refractivity contribution in [2.45, 2.75) is 58.5 Å². The van der Waals surface area contributed by atoms with E-state index in [-0.39, 0.29) is 17.7 Å². The average molecular weight is 282 g/mol. The van der Waals surface area contributed by atoms with Crippen molar-refractivity contribution in [3.05, 3.63) is 0 Å². The predicted octanol–water partition coefficient (Wildman–Crippen LogP) is 2.99. The highest BCUT2D eigenvalue weighted by atomic mass is 19.4. The van der Waals surface area contributed by atoms with Crippen LogP contribution < -0.4 is 11.1 Å². The fourth-order valence-electron chi connectivity index (χ4n) is 1.73. The van der Waals surface area contributed by atoms with Gasteiger partial charge in [0, 0.05) is 19.4 Å². The second-order valence-electron chi connectivity index (χ2n) is 5.63. The zero-order valence-electron chi connectivity index (χ0n) is 11.8. The lowest BCUT2D eigenvalue weighted by Crippen LogP contribution is -2.27. The van der Waals surface area contributed by atoms with Gasteiger partial charge in [-0.3, -0.25) is 4.79 Å². The Morgan fingerprint density at radius 2 is 1.74 bits per heavy atom. The summed E-state index contributed by atoms with van der Waals surface area (Å²) in [7, 11) is 0. The van der Waals surface area contributed by atoms with Crippen molar-refractivity contribution in [3.8, 4) is 0 Å². The third-order valence-corrected chi connectivity index (χ3v) is 3.06. The summed E-state index contributed by atoms with van der Waals surface area (Å²) in [5.74, 6) is -0.0999. The second-order valence-corrected chi connectivity index (χ2v) is 5.63. The molecule has 3 nitrogen and oxygen atoms in total. The minimum Gasteiger partial charge on any atom is -0.356 e. The van der Waals surface area contributed by atoms with E-state index in [2.05, 4.69) is 19.2 Å². The van der Waals surface area contributed by atoms with Gasteiger partial charge in [-0.05, 0) is 37.6 Å². The Kier molecular flexibility index (Phi) is 8.06. The van der Waals surface area contributed by atoms with E-state index in [0.29, 0.717) is 25.9 Å². The number of halogens is 3. The SMILES string of the molecule is CC(C)(CCN)CCC(=O)NCCCCC(F)(F)F. The molecular weight excluding hydrogens is 257 g/mol. The fourth-order valence-corrected chi connectivity index (χ4v) is 1.73. The van der Waals surface area contributed by atoms with Gasteiger partial charge in [-0.1, -0.05) is 13.8 Å². The minimum atomic E-state index is -4.10. The van der Waals surface area contributed by atoms with Gasteiger partial charge in [-0.2, -0.15) is 13.2 Å². The maximum absolute atomic E-state index is 11.9. The van der Waals surface area contributed by atoms with Crippen molar-refractivity contribution in [2.75, 3.05) is 13.1 Å². The molecule has 0 saturated heterocycles. The molecule has 0 heterocycles. The third kappa shape index (κ3) is 12.0. The van der Waals surface area contributed by atoms with Gasteiger partial charge in [0.1, 0.15) is 0 Å². The molecule has 0 atom stereocenters. The van der Waals surface area contributed by atoms with Crippen LogP contribution in [-0.4, -0.2) is 25.2 Å². The van der Waals surface area contributed by atoms with Crippen LogP contribution in [0.3, 0.4) is 0 Å². The number of nitrogens with one attached hydrogen (secondary N) is 1. The largest absolute Gasteiger partial charge is 0.389 e. The molecule has 6 heteroatoms. The molecule has 0 saturated carbocycles. The summed E-state index contributed by atoms with van der Waals surface area (Å²) in [5.41, 5.74) is 5.51. The first kappa shape index (κ1) is 18.2. The van der Waals surface area contributed by atoms with E-state index in [4.69, 9.17) is 5.73 Å². The number of carbonyl (C=O) groups excluding carboxylic acids is 1. The lowest BCUT2D eigenvalue weighted by atomic mass is 9.84. The average Bonchev–Trinajstić information content (AvgIpc) is 2.24. The summed E-state index contributed by atoms with van der Waals surface area (Å²) in [6.45, 7) is 5.01. The van der Waals surface area contributed by atoms with Gasteiger partial charge in [0.25, 0.3) is 0 Å². The lowest BCUT2D eigenvalue weighted by Gasteiger charge is -2.23. The van der Waals surface area contributed by atoms with E-state index in [0.717, 1.165) is 12.8 Å². The van der Waals surface area contributed by atoms with Crippen LogP contribution in [0.1, 0.15) is 52.4 Å². The molecule has 0 aromatic rings.